The summed E-state index contributed by atoms with van der Waals surface area (Å²) in [6, 6.07) is 5.24. The van der Waals surface area contributed by atoms with E-state index in [1.807, 2.05) is 6.92 Å². The van der Waals surface area contributed by atoms with Gasteiger partial charge in [0.25, 0.3) is 0 Å². The SMILES string of the molecule is CCc1cc(Oc2ccc(CN)cc2C(F)(F)F)ncn1. The molecule has 0 aliphatic rings. The molecule has 0 radical (unpaired) electrons. The lowest BCUT2D eigenvalue weighted by atomic mass is 10.1. The maximum atomic E-state index is 13.1. The lowest BCUT2D eigenvalue weighted by Crippen LogP contribution is -2.09. The molecule has 21 heavy (non-hydrogen) atoms. The Balaban J connectivity index is 2.39. The maximum Gasteiger partial charge on any atom is 0.419 e. The molecule has 2 N–H and O–H groups in total. The largest absolute Gasteiger partial charge is 0.438 e. The van der Waals surface area contributed by atoms with Crippen LogP contribution in [-0.4, -0.2) is 9.97 Å². The molecule has 1 aromatic heterocycles. The molecule has 2 aromatic rings. The van der Waals surface area contributed by atoms with Crippen LogP contribution in [0.3, 0.4) is 0 Å². The summed E-state index contributed by atoms with van der Waals surface area (Å²) >= 11 is 0. The third-order valence-corrected chi connectivity index (χ3v) is 2.86. The first-order chi connectivity index (χ1) is 9.94. The summed E-state index contributed by atoms with van der Waals surface area (Å²) in [5.41, 5.74) is 5.57. The zero-order valence-electron chi connectivity index (χ0n) is 11.3. The molecule has 1 heterocycles. The molecule has 0 unspecified atom stereocenters. The molecule has 0 bridgehead atoms. The summed E-state index contributed by atoms with van der Waals surface area (Å²) < 4.78 is 44.4. The fourth-order valence-corrected chi connectivity index (χ4v) is 1.75. The number of hydrogen-bond acceptors (Lipinski definition) is 4. The van der Waals surface area contributed by atoms with Crippen LogP contribution in [0.5, 0.6) is 11.6 Å². The number of nitrogens with zero attached hydrogens (tertiary/aromatic N) is 2. The van der Waals surface area contributed by atoms with Gasteiger partial charge in [0.05, 0.1) is 5.56 Å². The molecular weight excluding hydrogens is 283 g/mol. The Kier molecular flexibility index (Phi) is 4.42. The molecule has 0 aliphatic heterocycles. The second-order valence-electron chi connectivity index (χ2n) is 4.34. The van der Waals surface area contributed by atoms with E-state index < -0.39 is 11.7 Å². The quantitative estimate of drug-likeness (QED) is 0.940. The van der Waals surface area contributed by atoms with E-state index in [2.05, 4.69) is 9.97 Å². The molecule has 0 spiro atoms. The highest BCUT2D eigenvalue weighted by Crippen LogP contribution is 2.38. The minimum absolute atomic E-state index is 0.0247. The van der Waals surface area contributed by atoms with Crippen LogP contribution >= 0.6 is 0 Å². The maximum absolute atomic E-state index is 13.1. The van der Waals surface area contributed by atoms with Crippen molar-refractivity contribution in [1.82, 2.24) is 9.97 Å². The fraction of sp³-hybridized carbons (Fsp3) is 0.286. The van der Waals surface area contributed by atoms with Crippen molar-refractivity contribution in [2.75, 3.05) is 0 Å². The summed E-state index contributed by atoms with van der Waals surface area (Å²) in [4.78, 5) is 7.79. The van der Waals surface area contributed by atoms with Crippen LogP contribution in [0, 0.1) is 0 Å². The van der Waals surface area contributed by atoms with Crippen LogP contribution in [0.15, 0.2) is 30.6 Å². The van der Waals surface area contributed by atoms with Crippen LogP contribution in [0.4, 0.5) is 13.2 Å². The van der Waals surface area contributed by atoms with Gasteiger partial charge in [0.2, 0.25) is 5.88 Å². The Morgan fingerprint density at radius 2 is 1.95 bits per heavy atom. The lowest BCUT2D eigenvalue weighted by molar-refractivity contribution is -0.138. The zero-order valence-corrected chi connectivity index (χ0v) is 11.3. The lowest BCUT2D eigenvalue weighted by Gasteiger charge is -2.14. The molecule has 0 saturated carbocycles. The van der Waals surface area contributed by atoms with E-state index in [-0.39, 0.29) is 18.2 Å². The molecule has 4 nitrogen and oxygen atoms in total. The molecule has 1 aromatic carbocycles. The fourth-order valence-electron chi connectivity index (χ4n) is 1.75. The molecule has 112 valence electrons. The van der Waals surface area contributed by atoms with E-state index in [1.165, 1.54) is 24.5 Å². The van der Waals surface area contributed by atoms with Gasteiger partial charge in [0.1, 0.15) is 12.1 Å². The molecular formula is C14H14F3N3O. The van der Waals surface area contributed by atoms with Crippen molar-refractivity contribution in [3.05, 3.63) is 47.4 Å². The molecule has 0 aliphatic carbocycles. The molecule has 0 atom stereocenters. The number of hydrogen-bond donors (Lipinski definition) is 1. The number of nitrogens with two attached hydrogens (primary N) is 1. The van der Waals surface area contributed by atoms with Crippen molar-refractivity contribution in [1.29, 1.82) is 0 Å². The van der Waals surface area contributed by atoms with Gasteiger partial charge < -0.3 is 10.5 Å². The summed E-state index contributed by atoms with van der Waals surface area (Å²) in [6.45, 7) is 1.90. The van der Waals surface area contributed by atoms with Gasteiger partial charge in [-0.05, 0) is 24.1 Å². The number of ether oxygens (including phenoxy) is 1. The van der Waals surface area contributed by atoms with Crippen LogP contribution in [0.2, 0.25) is 0 Å². The Morgan fingerprint density at radius 3 is 2.57 bits per heavy atom. The third-order valence-electron chi connectivity index (χ3n) is 2.86. The van der Waals surface area contributed by atoms with Gasteiger partial charge in [0.15, 0.2) is 0 Å². The van der Waals surface area contributed by atoms with E-state index in [4.69, 9.17) is 10.5 Å². The first kappa shape index (κ1) is 15.2. The summed E-state index contributed by atoms with van der Waals surface area (Å²) in [5, 5.41) is 0. The van der Waals surface area contributed by atoms with Crippen molar-refractivity contribution in [2.45, 2.75) is 26.1 Å². The molecule has 7 heteroatoms. The Bertz CT molecular complexity index is 629. The van der Waals surface area contributed by atoms with Crippen LogP contribution in [-0.2, 0) is 19.1 Å². The standard InChI is InChI=1S/C14H14F3N3O/c1-2-10-6-13(20-8-19-10)21-12-4-3-9(7-18)5-11(12)14(15,16)17/h3-6,8H,2,7,18H2,1H3. The Labute approximate surface area is 119 Å². The number of aryl methyl sites for hydroxylation is 1. The highest BCUT2D eigenvalue weighted by molar-refractivity contribution is 5.41. The Hall–Kier alpha value is -2.15. The van der Waals surface area contributed by atoms with Gasteiger partial charge in [-0.1, -0.05) is 13.0 Å². The van der Waals surface area contributed by atoms with E-state index in [1.54, 1.807) is 0 Å². The van der Waals surface area contributed by atoms with Gasteiger partial charge >= 0.3 is 6.18 Å². The Morgan fingerprint density at radius 1 is 1.19 bits per heavy atom. The monoisotopic (exact) mass is 297 g/mol. The van der Waals surface area contributed by atoms with Crippen molar-refractivity contribution in [3.8, 4) is 11.6 Å². The number of aromatic nitrogens is 2. The zero-order chi connectivity index (χ0) is 15.5. The van der Waals surface area contributed by atoms with Crippen molar-refractivity contribution < 1.29 is 17.9 Å². The molecule has 2 rings (SSSR count). The number of benzene rings is 1. The first-order valence-electron chi connectivity index (χ1n) is 6.33. The predicted octanol–water partition coefficient (Wildman–Crippen LogP) is 3.31. The number of alkyl halides is 3. The van der Waals surface area contributed by atoms with Gasteiger partial charge in [0, 0.05) is 18.3 Å². The van der Waals surface area contributed by atoms with Crippen LogP contribution < -0.4 is 10.5 Å². The third kappa shape index (κ3) is 3.69. The summed E-state index contributed by atoms with van der Waals surface area (Å²) in [6.07, 6.45) is -2.63. The topological polar surface area (TPSA) is 61.0 Å². The van der Waals surface area contributed by atoms with Crippen molar-refractivity contribution in [2.24, 2.45) is 5.73 Å². The smallest absolute Gasteiger partial charge is 0.419 e. The van der Waals surface area contributed by atoms with Crippen molar-refractivity contribution >= 4 is 0 Å². The average molecular weight is 297 g/mol. The second kappa shape index (κ2) is 6.09. The normalized spacial score (nSPS) is 11.5. The highest BCUT2D eigenvalue weighted by atomic mass is 19.4. The number of rotatable bonds is 4. The van der Waals surface area contributed by atoms with E-state index in [0.717, 1.165) is 6.07 Å². The summed E-state index contributed by atoms with van der Waals surface area (Å²) in [5.74, 6) is -0.228. The van der Waals surface area contributed by atoms with Gasteiger partial charge in [-0.15, -0.1) is 0 Å². The van der Waals surface area contributed by atoms with Crippen LogP contribution in [0.25, 0.3) is 0 Å². The van der Waals surface area contributed by atoms with Crippen LogP contribution in [0.1, 0.15) is 23.7 Å². The van der Waals surface area contributed by atoms with E-state index in [9.17, 15) is 13.2 Å². The highest BCUT2D eigenvalue weighted by Gasteiger charge is 2.35. The summed E-state index contributed by atoms with van der Waals surface area (Å²) in [7, 11) is 0. The van der Waals surface area contributed by atoms with Gasteiger partial charge in [-0.3, -0.25) is 0 Å². The average Bonchev–Trinajstić information content (AvgIpc) is 2.46. The molecule has 0 fully saturated rings. The minimum atomic E-state index is -4.53. The first-order valence-corrected chi connectivity index (χ1v) is 6.33. The van der Waals surface area contributed by atoms with Crippen molar-refractivity contribution in [3.63, 3.8) is 0 Å². The van der Waals surface area contributed by atoms with E-state index >= 15 is 0 Å². The molecule has 0 saturated heterocycles. The predicted molar refractivity (Wildman–Crippen MR) is 70.8 cm³/mol. The van der Waals surface area contributed by atoms with Gasteiger partial charge in [-0.2, -0.15) is 13.2 Å². The second-order valence-corrected chi connectivity index (χ2v) is 4.34. The van der Waals surface area contributed by atoms with Gasteiger partial charge in [-0.25, -0.2) is 9.97 Å². The van der Waals surface area contributed by atoms with E-state index in [0.29, 0.717) is 17.7 Å². The molecule has 0 amide bonds. The number of halogens is 3. The minimum Gasteiger partial charge on any atom is -0.438 e.